The van der Waals surface area contributed by atoms with Gasteiger partial charge in [0.2, 0.25) is 11.8 Å². The van der Waals surface area contributed by atoms with Gasteiger partial charge in [-0.05, 0) is 12.8 Å². The maximum absolute atomic E-state index is 10.8. The van der Waals surface area contributed by atoms with Crippen LogP contribution in [-0.2, 0) is 9.59 Å². The van der Waals surface area contributed by atoms with Crippen LogP contribution < -0.4 is 11.5 Å². The highest BCUT2D eigenvalue weighted by Crippen LogP contribution is 2.24. The Morgan fingerprint density at radius 3 is 1.36 bits per heavy atom. The zero-order chi connectivity index (χ0) is 9.07. The van der Waals surface area contributed by atoms with Gasteiger partial charge in [-0.25, -0.2) is 0 Å². The van der Waals surface area contributed by atoms with Gasteiger partial charge in [0.15, 0.2) is 0 Å². The number of carbonyl (C=O) groups excluding carboxylic acids is 2. The van der Waals surface area contributed by atoms with Crippen LogP contribution in [0.15, 0.2) is 0 Å². The summed E-state index contributed by atoms with van der Waals surface area (Å²) in [4.78, 5) is 21.7. The first-order valence-corrected chi connectivity index (χ1v) is 3.61. The van der Waals surface area contributed by atoms with Crippen LogP contribution in [0.4, 0.5) is 0 Å². The van der Waals surface area contributed by atoms with Crippen LogP contribution in [0.3, 0.4) is 0 Å². The third-order valence-electron chi connectivity index (χ3n) is 2.15. The van der Waals surface area contributed by atoms with Gasteiger partial charge >= 0.3 is 0 Å². The van der Waals surface area contributed by atoms with E-state index in [1.165, 1.54) is 0 Å². The summed E-state index contributed by atoms with van der Waals surface area (Å²) in [5, 5.41) is 0. The van der Waals surface area contributed by atoms with Crippen molar-refractivity contribution in [3.63, 3.8) is 0 Å². The van der Waals surface area contributed by atoms with Crippen LogP contribution in [0.1, 0.15) is 26.7 Å². The molecule has 4 N–H and O–H groups in total. The average molecular weight is 158 g/mol. The minimum absolute atomic E-state index is 0.369. The number of hydrogen-bond donors (Lipinski definition) is 2. The number of carbonyl (C=O) groups is 2. The van der Waals surface area contributed by atoms with Gasteiger partial charge in [0, 0.05) is 0 Å². The second-order valence-corrected chi connectivity index (χ2v) is 2.52. The highest BCUT2D eigenvalue weighted by Gasteiger charge is 2.38. The van der Waals surface area contributed by atoms with Crippen molar-refractivity contribution in [2.24, 2.45) is 16.9 Å². The Kier molecular flexibility index (Phi) is 3.04. The van der Waals surface area contributed by atoms with Gasteiger partial charge in [-0.15, -0.1) is 0 Å². The van der Waals surface area contributed by atoms with Crippen LogP contribution in [0.5, 0.6) is 0 Å². The van der Waals surface area contributed by atoms with E-state index in [0.717, 1.165) is 0 Å². The fraction of sp³-hybridized carbons (Fsp3) is 0.714. The largest absolute Gasteiger partial charge is 0.369 e. The minimum Gasteiger partial charge on any atom is -0.369 e. The third-order valence-corrected chi connectivity index (χ3v) is 2.15. The maximum atomic E-state index is 10.8. The lowest BCUT2D eigenvalue weighted by atomic mass is 9.81. The van der Waals surface area contributed by atoms with Gasteiger partial charge in [0.1, 0.15) is 5.41 Å². The SMILES string of the molecule is CCC(CC)(C(N)=O)C(N)=O. The standard InChI is InChI=1S/C7H14N2O2/c1-3-7(4-2,5(8)10)6(9)11/h3-4H2,1-2H3,(H2,8,10)(H2,9,11). The molecule has 0 radical (unpaired) electrons. The van der Waals surface area contributed by atoms with E-state index in [1.807, 2.05) is 0 Å². The van der Waals surface area contributed by atoms with Gasteiger partial charge in [-0.1, -0.05) is 13.8 Å². The summed E-state index contributed by atoms with van der Waals surface area (Å²) < 4.78 is 0. The average Bonchev–Trinajstić information content (AvgIpc) is 1.90. The van der Waals surface area contributed by atoms with Crippen molar-refractivity contribution in [2.45, 2.75) is 26.7 Å². The Labute approximate surface area is 65.9 Å². The molecule has 0 atom stereocenters. The molecule has 0 aromatic heterocycles. The Morgan fingerprint density at radius 1 is 1.09 bits per heavy atom. The van der Waals surface area contributed by atoms with Crippen molar-refractivity contribution < 1.29 is 9.59 Å². The van der Waals surface area contributed by atoms with E-state index in [9.17, 15) is 9.59 Å². The van der Waals surface area contributed by atoms with Crippen LogP contribution >= 0.6 is 0 Å². The first-order chi connectivity index (χ1) is 5.01. The van der Waals surface area contributed by atoms with Crippen molar-refractivity contribution in [2.75, 3.05) is 0 Å². The lowest BCUT2D eigenvalue weighted by molar-refractivity contribution is -0.140. The van der Waals surface area contributed by atoms with E-state index >= 15 is 0 Å². The first kappa shape index (κ1) is 9.94. The van der Waals surface area contributed by atoms with Crippen molar-refractivity contribution in [3.05, 3.63) is 0 Å². The molecule has 64 valence electrons. The number of primary amides is 2. The molecule has 0 heterocycles. The molecular formula is C7H14N2O2. The van der Waals surface area contributed by atoms with Gasteiger partial charge in [-0.3, -0.25) is 9.59 Å². The summed E-state index contributed by atoms with van der Waals surface area (Å²) in [7, 11) is 0. The van der Waals surface area contributed by atoms with Gasteiger partial charge in [-0.2, -0.15) is 0 Å². The lowest BCUT2D eigenvalue weighted by Gasteiger charge is -2.23. The fourth-order valence-electron chi connectivity index (χ4n) is 1.07. The predicted octanol–water partition coefficient (Wildman–Crippen LogP) is -0.237. The first-order valence-electron chi connectivity index (χ1n) is 3.61. The molecule has 0 aromatic carbocycles. The van der Waals surface area contributed by atoms with Gasteiger partial charge in [0.25, 0.3) is 0 Å². The summed E-state index contributed by atoms with van der Waals surface area (Å²) in [6.45, 7) is 3.44. The number of amides is 2. The van der Waals surface area contributed by atoms with Crippen molar-refractivity contribution in [1.29, 1.82) is 0 Å². The summed E-state index contributed by atoms with van der Waals surface area (Å²) >= 11 is 0. The molecular weight excluding hydrogens is 144 g/mol. The van der Waals surface area contributed by atoms with Crippen LogP contribution in [-0.4, -0.2) is 11.8 Å². The van der Waals surface area contributed by atoms with Gasteiger partial charge in [0.05, 0.1) is 0 Å². The van der Waals surface area contributed by atoms with Crippen molar-refractivity contribution in [1.82, 2.24) is 0 Å². The molecule has 2 amide bonds. The highest BCUT2D eigenvalue weighted by molar-refractivity contribution is 6.03. The molecule has 0 aliphatic carbocycles. The van der Waals surface area contributed by atoms with E-state index in [1.54, 1.807) is 13.8 Å². The molecule has 0 fully saturated rings. The molecule has 4 nitrogen and oxygen atoms in total. The Balaban J connectivity index is 4.76. The summed E-state index contributed by atoms with van der Waals surface area (Å²) in [5.74, 6) is -1.26. The molecule has 0 spiro atoms. The molecule has 11 heavy (non-hydrogen) atoms. The second-order valence-electron chi connectivity index (χ2n) is 2.52. The molecule has 0 bridgehead atoms. The van der Waals surface area contributed by atoms with Crippen molar-refractivity contribution >= 4 is 11.8 Å². The Hall–Kier alpha value is -1.06. The normalized spacial score (nSPS) is 11.1. The lowest BCUT2D eigenvalue weighted by Crippen LogP contribution is -2.46. The molecule has 0 aromatic rings. The highest BCUT2D eigenvalue weighted by atomic mass is 16.2. The number of nitrogens with two attached hydrogens (primary N) is 2. The van der Waals surface area contributed by atoms with E-state index in [0.29, 0.717) is 12.8 Å². The quantitative estimate of drug-likeness (QED) is 0.553. The molecule has 0 rings (SSSR count). The number of hydrogen-bond acceptors (Lipinski definition) is 2. The van der Waals surface area contributed by atoms with E-state index in [4.69, 9.17) is 11.5 Å². The zero-order valence-corrected chi connectivity index (χ0v) is 6.89. The topological polar surface area (TPSA) is 86.2 Å². The fourth-order valence-corrected chi connectivity index (χ4v) is 1.07. The summed E-state index contributed by atoms with van der Waals surface area (Å²) in [6, 6.07) is 0. The van der Waals surface area contributed by atoms with Gasteiger partial charge < -0.3 is 11.5 Å². The molecule has 0 aliphatic heterocycles. The summed E-state index contributed by atoms with van der Waals surface area (Å²) in [6.07, 6.45) is 0.738. The summed E-state index contributed by atoms with van der Waals surface area (Å²) in [5.41, 5.74) is 8.97. The molecule has 0 aliphatic rings. The van der Waals surface area contributed by atoms with E-state index in [-0.39, 0.29) is 0 Å². The molecule has 0 saturated carbocycles. The molecule has 4 heteroatoms. The Bertz CT molecular complexity index is 157. The predicted molar refractivity (Wildman–Crippen MR) is 41.4 cm³/mol. The van der Waals surface area contributed by atoms with Crippen molar-refractivity contribution in [3.8, 4) is 0 Å². The van der Waals surface area contributed by atoms with E-state index in [2.05, 4.69) is 0 Å². The van der Waals surface area contributed by atoms with Crippen LogP contribution in [0.25, 0.3) is 0 Å². The minimum atomic E-state index is -1.14. The van der Waals surface area contributed by atoms with E-state index < -0.39 is 17.2 Å². The zero-order valence-electron chi connectivity index (χ0n) is 6.89. The Morgan fingerprint density at radius 2 is 1.36 bits per heavy atom. The smallest absolute Gasteiger partial charge is 0.233 e. The maximum Gasteiger partial charge on any atom is 0.233 e. The third kappa shape index (κ3) is 1.50. The monoisotopic (exact) mass is 158 g/mol. The number of rotatable bonds is 4. The molecule has 0 unspecified atom stereocenters. The van der Waals surface area contributed by atoms with Crippen LogP contribution in [0, 0.1) is 5.41 Å². The molecule has 0 saturated heterocycles. The van der Waals surface area contributed by atoms with Crippen LogP contribution in [0.2, 0.25) is 0 Å². The second kappa shape index (κ2) is 3.37.